The van der Waals surface area contributed by atoms with Crippen molar-refractivity contribution in [1.82, 2.24) is 14.6 Å². The molecule has 108 valence electrons. The van der Waals surface area contributed by atoms with Gasteiger partial charge in [0.25, 0.3) is 0 Å². The Hall–Kier alpha value is -2.06. The quantitative estimate of drug-likeness (QED) is 0.585. The SMILES string of the molecule is CSc1nc2ccnn2c(N)c1S(=O)(=O)c1ccccc1. The van der Waals surface area contributed by atoms with Gasteiger partial charge >= 0.3 is 0 Å². The van der Waals surface area contributed by atoms with Crippen LogP contribution in [0, 0.1) is 0 Å². The maximum atomic E-state index is 12.8. The van der Waals surface area contributed by atoms with Gasteiger partial charge in [0, 0.05) is 6.07 Å². The first-order chi connectivity index (χ1) is 10.1. The first kappa shape index (κ1) is 13.9. The monoisotopic (exact) mass is 320 g/mol. The van der Waals surface area contributed by atoms with Crippen LogP contribution in [-0.2, 0) is 9.84 Å². The van der Waals surface area contributed by atoms with E-state index in [4.69, 9.17) is 5.73 Å². The molecule has 0 aliphatic heterocycles. The molecule has 0 radical (unpaired) electrons. The van der Waals surface area contributed by atoms with Crippen molar-refractivity contribution in [1.29, 1.82) is 0 Å². The number of nitrogen functional groups attached to an aromatic ring is 1. The molecule has 0 unspecified atom stereocenters. The minimum atomic E-state index is -3.75. The van der Waals surface area contributed by atoms with Gasteiger partial charge in [-0.2, -0.15) is 9.61 Å². The highest BCUT2D eigenvalue weighted by molar-refractivity contribution is 7.99. The number of hydrogen-bond donors (Lipinski definition) is 1. The average molecular weight is 320 g/mol. The standard InChI is InChI=1S/C13H12N4O2S2/c1-20-13-11(12(14)17-10(16-13)7-8-15-17)21(18,19)9-5-3-2-4-6-9/h2-8H,14H2,1H3. The zero-order chi connectivity index (χ0) is 15.0. The van der Waals surface area contributed by atoms with Gasteiger partial charge in [0.2, 0.25) is 9.84 Å². The summed E-state index contributed by atoms with van der Waals surface area (Å²) in [5.74, 6) is 0.0678. The predicted octanol–water partition coefficient (Wildman–Crippen LogP) is 1.87. The molecule has 0 saturated heterocycles. The maximum Gasteiger partial charge on any atom is 0.212 e. The maximum absolute atomic E-state index is 12.8. The van der Waals surface area contributed by atoms with Crippen LogP contribution in [0.4, 0.5) is 5.82 Å². The first-order valence-electron chi connectivity index (χ1n) is 6.03. The second-order valence-corrected chi connectivity index (χ2v) is 6.93. The van der Waals surface area contributed by atoms with Gasteiger partial charge in [-0.15, -0.1) is 11.8 Å². The molecule has 0 spiro atoms. The molecule has 2 N–H and O–H groups in total. The molecule has 3 aromatic rings. The van der Waals surface area contributed by atoms with Gasteiger partial charge in [-0.25, -0.2) is 13.4 Å². The highest BCUT2D eigenvalue weighted by atomic mass is 32.2. The Labute approximate surface area is 125 Å². The summed E-state index contributed by atoms with van der Waals surface area (Å²) in [6.07, 6.45) is 3.29. The van der Waals surface area contributed by atoms with E-state index in [1.807, 2.05) is 0 Å². The van der Waals surface area contributed by atoms with Crippen molar-refractivity contribution in [2.45, 2.75) is 14.8 Å². The smallest absolute Gasteiger partial charge is 0.212 e. The van der Waals surface area contributed by atoms with Crippen molar-refractivity contribution >= 4 is 33.1 Å². The van der Waals surface area contributed by atoms with E-state index in [9.17, 15) is 8.42 Å². The number of fused-ring (bicyclic) bond motifs is 1. The van der Waals surface area contributed by atoms with Crippen LogP contribution in [0.2, 0.25) is 0 Å². The summed E-state index contributed by atoms with van der Waals surface area (Å²) in [5.41, 5.74) is 6.55. The van der Waals surface area contributed by atoms with Crippen molar-refractivity contribution in [2.75, 3.05) is 12.0 Å². The summed E-state index contributed by atoms with van der Waals surface area (Å²) in [6.45, 7) is 0. The van der Waals surface area contributed by atoms with E-state index in [0.29, 0.717) is 10.7 Å². The van der Waals surface area contributed by atoms with Gasteiger partial charge < -0.3 is 5.73 Å². The van der Waals surface area contributed by atoms with E-state index in [-0.39, 0.29) is 15.6 Å². The number of rotatable bonds is 3. The Morgan fingerprint density at radius 2 is 1.90 bits per heavy atom. The second kappa shape index (κ2) is 5.05. The minimum absolute atomic E-state index is 0.00241. The molecule has 6 nitrogen and oxygen atoms in total. The summed E-state index contributed by atoms with van der Waals surface area (Å²) in [7, 11) is -3.75. The molecule has 0 amide bonds. The van der Waals surface area contributed by atoms with Crippen molar-refractivity contribution in [2.24, 2.45) is 0 Å². The number of benzene rings is 1. The highest BCUT2D eigenvalue weighted by Gasteiger charge is 2.27. The van der Waals surface area contributed by atoms with E-state index in [2.05, 4.69) is 10.1 Å². The van der Waals surface area contributed by atoms with E-state index in [0.717, 1.165) is 0 Å². The Morgan fingerprint density at radius 3 is 2.57 bits per heavy atom. The average Bonchev–Trinajstić information content (AvgIpc) is 2.96. The molecular formula is C13H12N4O2S2. The van der Waals surface area contributed by atoms with Gasteiger partial charge in [-0.05, 0) is 18.4 Å². The normalized spacial score (nSPS) is 11.9. The molecule has 21 heavy (non-hydrogen) atoms. The summed E-state index contributed by atoms with van der Waals surface area (Å²) in [5, 5.41) is 4.38. The third-order valence-corrected chi connectivity index (χ3v) is 5.65. The van der Waals surface area contributed by atoms with Gasteiger partial charge in [-0.3, -0.25) is 0 Å². The number of anilines is 1. The molecule has 2 heterocycles. The van der Waals surface area contributed by atoms with Crippen LogP contribution in [0.3, 0.4) is 0 Å². The lowest BCUT2D eigenvalue weighted by Crippen LogP contribution is -2.13. The topological polar surface area (TPSA) is 90.3 Å². The summed E-state index contributed by atoms with van der Waals surface area (Å²) < 4.78 is 27.0. The van der Waals surface area contributed by atoms with Gasteiger partial charge in [0.1, 0.15) is 15.7 Å². The zero-order valence-electron chi connectivity index (χ0n) is 11.1. The largest absolute Gasteiger partial charge is 0.382 e. The van der Waals surface area contributed by atoms with Crippen LogP contribution in [0.15, 0.2) is 57.4 Å². The zero-order valence-corrected chi connectivity index (χ0v) is 12.7. The van der Waals surface area contributed by atoms with Crippen molar-refractivity contribution < 1.29 is 8.42 Å². The van der Waals surface area contributed by atoms with Crippen LogP contribution < -0.4 is 5.73 Å². The molecule has 8 heteroatoms. The summed E-state index contributed by atoms with van der Waals surface area (Å²) >= 11 is 1.24. The number of hydrogen-bond acceptors (Lipinski definition) is 6. The number of nitrogens with zero attached hydrogens (tertiary/aromatic N) is 3. The second-order valence-electron chi connectivity index (χ2n) is 4.25. The van der Waals surface area contributed by atoms with Gasteiger partial charge in [-0.1, -0.05) is 18.2 Å². The number of aromatic nitrogens is 3. The third kappa shape index (κ3) is 2.16. The molecule has 0 saturated carbocycles. The lowest BCUT2D eigenvalue weighted by molar-refractivity contribution is 0.592. The van der Waals surface area contributed by atoms with E-state index < -0.39 is 9.84 Å². The minimum Gasteiger partial charge on any atom is -0.382 e. The lowest BCUT2D eigenvalue weighted by atomic mass is 10.4. The van der Waals surface area contributed by atoms with Crippen LogP contribution in [-0.4, -0.2) is 29.3 Å². The fourth-order valence-corrected chi connectivity index (χ4v) is 4.48. The Bertz CT molecular complexity index is 905. The first-order valence-corrected chi connectivity index (χ1v) is 8.74. The Kier molecular flexibility index (Phi) is 3.34. The molecule has 1 aromatic carbocycles. The van der Waals surface area contributed by atoms with Crippen LogP contribution in [0.1, 0.15) is 0 Å². The Morgan fingerprint density at radius 1 is 1.19 bits per heavy atom. The fraction of sp³-hybridized carbons (Fsp3) is 0.0769. The predicted molar refractivity (Wildman–Crippen MR) is 81.1 cm³/mol. The summed E-state index contributed by atoms with van der Waals surface area (Å²) in [4.78, 5) is 4.49. The van der Waals surface area contributed by atoms with E-state index in [1.165, 1.54) is 34.6 Å². The van der Waals surface area contributed by atoms with Crippen LogP contribution in [0.25, 0.3) is 5.65 Å². The Balaban J connectivity index is 2.36. The number of nitrogens with two attached hydrogens (primary N) is 1. The van der Waals surface area contributed by atoms with Gasteiger partial charge in [0.05, 0.1) is 11.1 Å². The molecular weight excluding hydrogens is 308 g/mol. The molecule has 3 rings (SSSR count). The van der Waals surface area contributed by atoms with Crippen molar-refractivity contribution in [3.8, 4) is 0 Å². The number of thioether (sulfide) groups is 1. The van der Waals surface area contributed by atoms with Crippen molar-refractivity contribution in [3.63, 3.8) is 0 Å². The molecule has 0 fully saturated rings. The van der Waals surface area contributed by atoms with E-state index in [1.54, 1.807) is 30.5 Å². The van der Waals surface area contributed by atoms with Crippen LogP contribution >= 0.6 is 11.8 Å². The van der Waals surface area contributed by atoms with Crippen LogP contribution in [0.5, 0.6) is 0 Å². The van der Waals surface area contributed by atoms with Crippen molar-refractivity contribution in [3.05, 3.63) is 42.6 Å². The molecule has 0 atom stereocenters. The third-order valence-electron chi connectivity index (χ3n) is 3.01. The molecule has 0 aliphatic rings. The number of sulfone groups is 1. The fourth-order valence-electron chi connectivity index (χ4n) is 2.04. The highest BCUT2D eigenvalue weighted by Crippen LogP contribution is 2.33. The van der Waals surface area contributed by atoms with Gasteiger partial charge in [0.15, 0.2) is 5.65 Å². The summed E-state index contributed by atoms with van der Waals surface area (Å²) in [6, 6.07) is 9.84. The molecule has 2 aromatic heterocycles. The molecule has 0 bridgehead atoms. The van der Waals surface area contributed by atoms with E-state index >= 15 is 0 Å². The lowest BCUT2D eigenvalue weighted by Gasteiger charge is -2.12. The molecule has 0 aliphatic carbocycles.